The number of rotatable bonds is 5. The van der Waals surface area contributed by atoms with E-state index in [9.17, 15) is 19.7 Å². The van der Waals surface area contributed by atoms with Gasteiger partial charge in [-0.15, -0.1) is 0 Å². The molecule has 0 saturated carbocycles. The van der Waals surface area contributed by atoms with Gasteiger partial charge in [0.2, 0.25) is 5.91 Å². The Labute approximate surface area is 172 Å². The number of likely N-dealkylation sites (tertiary alicyclic amines) is 2. The predicted octanol–water partition coefficient (Wildman–Crippen LogP) is 3.94. The van der Waals surface area contributed by atoms with Crippen molar-refractivity contribution < 1.29 is 14.5 Å². The molecule has 29 heavy (non-hydrogen) atoms. The van der Waals surface area contributed by atoms with E-state index in [1.807, 2.05) is 4.90 Å². The SMILES string of the molecule is CCCC1CCCN(C(=O)C2CCCN2C(=O)c2ccc([N+](=O)[O-])c(C)c2)CC1. The lowest BCUT2D eigenvalue weighted by Crippen LogP contribution is -2.48. The minimum atomic E-state index is -0.448. The van der Waals surface area contributed by atoms with E-state index < -0.39 is 11.0 Å². The summed E-state index contributed by atoms with van der Waals surface area (Å²) in [6.45, 7) is 5.94. The first-order valence-corrected chi connectivity index (χ1v) is 10.8. The second-order valence-corrected chi connectivity index (χ2v) is 8.33. The zero-order valence-corrected chi connectivity index (χ0v) is 17.4. The van der Waals surface area contributed by atoms with Crippen LogP contribution in [0.15, 0.2) is 18.2 Å². The van der Waals surface area contributed by atoms with Crippen LogP contribution in [0, 0.1) is 23.0 Å². The highest BCUT2D eigenvalue weighted by Crippen LogP contribution is 2.27. The van der Waals surface area contributed by atoms with Crippen LogP contribution in [0.5, 0.6) is 0 Å². The summed E-state index contributed by atoms with van der Waals surface area (Å²) >= 11 is 0. The topological polar surface area (TPSA) is 83.8 Å². The van der Waals surface area contributed by atoms with Gasteiger partial charge in [-0.25, -0.2) is 0 Å². The molecule has 7 heteroatoms. The predicted molar refractivity (Wildman–Crippen MR) is 111 cm³/mol. The van der Waals surface area contributed by atoms with E-state index in [1.165, 1.54) is 31.4 Å². The molecule has 0 aromatic heterocycles. The fourth-order valence-electron chi connectivity index (χ4n) is 4.72. The van der Waals surface area contributed by atoms with Crippen molar-refractivity contribution >= 4 is 17.5 Å². The number of nitro groups is 1. The van der Waals surface area contributed by atoms with Gasteiger partial charge < -0.3 is 9.80 Å². The van der Waals surface area contributed by atoms with Gasteiger partial charge in [0, 0.05) is 36.8 Å². The molecule has 0 radical (unpaired) electrons. The molecule has 1 aromatic rings. The smallest absolute Gasteiger partial charge is 0.272 e. The van der Waals surface area contributed by atoms with Gasteiger partial charge in [-0.1, -0.05) is 19.8 Å². The molecule has 2 aliphatic rings. The summed E-state index contributed by atoms with van der Waals surface area (Å²) in [6, 6.07) is 4.01. The maximum atomic E-state index is 13.2. The molecule has 2 saturated heterocycles. The number of hydrogen-bond acceptors (Lipinski definition) is 4. The number of aryl methyl sites for hydroxylation is 1. The Morgan fingerprint density at radius 3 is 2.59 bits per heavy atom. The normalized spacial score (nSPS) is 22.4. The summed E-state index contributed by atoms with van der Waals surface area (Å²) in [5.41, 5.74) is 0.867. The first-order valence-electron chi connectivity index (χ1n) is 10.8. The third-order valence-corrected chi connectivity index (χ3v) is 6.30. The largest absolute Gasteiger partial charge is 0.341 e. The Morgan fingerprint density at radius 1 is 1.14 bits per heavy atom. The summed E-state index contributed by atoms with van der Waals surface area (Å²) in [6.07, 6.45) is 7.13. The molecule has 2 aliphatic heterocycles. The Balaban J connectivity index is 1.70. The van der Waals surface area contributed by atoms with E-state index in [2.05, 4.69) is 6.92 Å². The Hall–Kier alpha value is -2.44. The number of carbonyl (C=O) groups is 2. The fraction of sp³-hybridized carbons (Fsp3) is 0.636. The molecule has 0 aliphatic carbocycles. The lowest BCUT2D eigenvalue weighted by atomic mass is 9.96. The van der Waals surface area contributed by atoms with E-state index >= 15 is 0 Å². The van der Waals surface area contributed by atoms with E-state index in [-0.39, 0.29) is 17.5 Å². The average molecular weight is 402 g/mol. The minimum absolute atomic E-state index is 0.00167. The molecule has 2 heterocycles. The second-order valence-electron chi connectivity index (χ2n) is 8.33. The van der Waals surface area contributed by atoms with Crippen molar-refractivity contribution in [1.29, 1.82) is 0 Å². The molecule has 2 amide bonds. The number of hydrogen-bond donors (Lipinski definition) is 0. The van der Waals surface area contributed by atoms with Crippen LogP contribution >= 0.6 is 0 Å². The van der Waals surface area contributed by atoms with E-state index in [1.54, 1.807) is 17.9 Å². The maximum Gasteiger partial charge on any atom is 0.272 e. The molecule has 7 nitrogen and oxygen atoms in total. The third-order valence-electron chi connectivity index (χ3n) is 6.30. The number of nitro benzene ring substituents is 1. The van der Waals surface area contributed by atoms with E-state index in [0.29, 0.717) is 30.0 Å². The van der Waals surface area contributed by atoms with Gasteiger partial charge in [0.25, 0.3) is 11.6 Å². The van der Waals surface area contributed by atoms with Crippen LogP contribution in [-0.4, -0.2) is 52.2 Å². The van der Waals surface area contributed by atoms with Gasteiger partial charge in [0.05, 0.1) is 4.92 Å². The van der Waals surface area contributed by atoms with Gasteiger partial charge in [-0.05, 0) is 57.1 Å². The molecule has 2 atom stereocenters. The molecule has 0 bridgehead atoms. The Kier molecular flexibility index (Phi) is 6.87. The van der Waals surface area contributed by atoms with Gasteiger partial charge >= 0.3 is 0 Å². The average Bonchev–Trinajstić information content (AvgIpc) is 3.07. The fourth-order valence-corrected chi connectivity index (χ4v) is 4.72. The molecule has 3 rings (SSSR count). The summed E-state index contributed by atoms with van der Waals surface area (Å²) < 4.78 is 0. The van der Waals surface area contributed by atoms with Crippen LogP contribution in [-0.2, 0) is 4.79 Å². The van der Waals surface area contributed by atoms with Crippen LogP contribution < -0.4 is 0 Å². The standard InChI is InChI=1S/C22H31N3O4/c1-3-6-17-7-4-12-23(14-11-17)22(27)20-8-5-13-24(20)21(26)18-9-10-19(25(28)29)16(2)15-18/h9-10,15,17,20H,3-8,11-14H2,1-2H3. The van der Waals surface area contributed by atoms with Gasteiger partial charge in [0.15, 0.2) is 0 Å². The Bertz CT molecular complexity index is 779. The summed E-state index contributed by atoms with van der Waals surface area (Å²) in [5, 5.41) is 11.0. The van der Waals surface area contributed by atoms with Crippen molar-refractivity contribution in [2.24, 2.45) is 5.92 Å². The summed E-state index contributed by atoms with van der Waals surface area (Å²) in [7, 11) is 0. The summed E-state index contributed by atoms with van der Waals surface area (Å²) in [5.74, 6) is 0.548. The highest BCUT2D eigenvalue weighted by atomic mass is 16.6. The van der Waals surface area contributed by atoms with Crippen LogP contribution in [0.2, 0.25) is 0 Å². The quantitative estimate of drug-likeness (QED) is 0.553. The lowest BCUT2D eigenvalue weighted by Gasteiger charge is -2.30. The van der Waals surface area contributed by atoms with Crippen LogP contribution in [0.4, 0.5) is 5.69 Å². The van der Waals surface area contributed by atoms with Gasteiger partial charge in [0.1, 0.15) is 6.04 Å². The molecule has 0 N–H and O–H groups in total. The highest BCUT2D eigenvalue weighted by Gasteiger charge is 2.37. The van der Waals surface area contributed by atoms with Crippen LogP contribution in [0.3, 0.4) is 0 Å². The van der Waals surface area contributed by atoms with Crippen molar-refractivity contribution in [3.63, 3.8) is 0 Å². The molecule has 2 unspecified atom stereocenters. The molecular formula is C22H31N3O4. The van der Waals surface area contributed by atoms with Crippen LogP contribution in [0.1, 0.15) is 67.8 Å². The van der Waals surface area contributed by atoms with Crippen molar-refractivity contribution in [3.8, 4) is 0 Å². The summed E-state index contributed by atoms with van der Waals surface area (Å²) in [4.78, 5) is 40.5. The van der Waals surface area contributed by atoms with Crippen LogP contribution in [0.25, 0.3) is 0 Å². The molecule has 1 aromatic carbocycles. The highest BCUT2D eigenvalue weighted by molar-refractivity contribution is 5.98. The van der Waals surface area contributed by atoms with Crippen molar-refractivity contribution in [1.82, 2.24) is 9.80 Å². The maximum absolute atomic E-state index is 13.2. The minimum Gasteiger partial charge on any atom is -0.341 e. The van der Waals surface area contributed by atoms with E-state index in [4.69, 9.17) is 0 Å². The number of benzene rings is 1. The van der Waals surface area contributed by atoms with Gasteiger partial charge in [-0.2, -0.15) is 0 Å². The monoisotopic (exact) mass is 401 g/mol. The third kappa shape index (κ3) is 4.77. The second kappa shape index (κ2) is 9.37. The first-order chi connectivity index (χ1) is 13.9. The van der Waals surface area contributed by atoms with Gasteiger partial charge in [-0.3, -0.25) is 19.7 Å². The van der Waals surface area contributed by atoms with Crippen molar-refractivity contribution in [2.75, 3.05) is 19.6 Å². The number of nitrogens with zero attached hydrogens (tertiary/aromatic N) is 3. The number of carbonyl (C=O) groups excluding carboxylic acids is 2. The number of amides is 2. The zero-order valence-electron chi connectivity index (χ0n) is 17.4. The van der Waals surface area contributed by atoms with E-state index in [0.717, 1.165) is 32.4 Å². The molecule has 0 spiro atoms. The molecule has 2 fully saturated rings. The molecular weight excluding hydrogens is 370 g/mol. The zero-order chi connectivity index (χ0) is 21.0. The van der Waals surface area contributed by atoms with Crippen molar-refractivity contribution in [3.05, 3.63) is 39.4 Å². The lowest BCUT2D eigenvalue weighted by molar-refractivity contribution is -0.385. The molecule has 158 valence electrons. The Morgan fingerprint density at radius 2 is 1.90 bits per heavy atom. The van der Waals surface area contributed by atoms with Crippen molar-refractivity contribution in [2.45, 2.75) is 64.8 Å². The first kappa shape index (κ1) is 21.3.